The topological polar surface area (TPSA) is 71.8 Å². The van der Waals surface area contributed by atoms with E-state index in [2.05, 4.69) is 25.2 Å². The Morgan fingerprint density at radius 1 is 1.12 bits per heavy atom. The molecule has 0 aliphatic rings. The van der Waals surface area contributed by atoms with Crippen molar-refractivity contribution in [1.29, 1.82) is 0 Å². The van der Waals surface area contributed by atoms with E-state index in [1.54, 1.807) is 12.4 Å². The summed E-state index contributed by atoms with van der Waals surface area (Å²) in [6, 6.07) is 9.60. The second-order valence-corrected chi connectivity index (χ2v) is 6.31. The number of nitrogens with zero attached hydrogens (tertiary/aromatic N) is 3. The highest BCUT2D eigenvalue weighted by molar-refractivity contribution is 5.90. The first-order chi connectivity index (χ1) is 12.5. The molecular weight excluding hydrogens is 326 g/mol. The second-order valence-electron chi connectivity index (χ2n) is 6.31. The molecule has 0 unspecified atom stereocenters. The largest absolute Gasteiger partial charge is 0.336 e. The summed E-state index contributed by atoms with van der Waals surface area (Å²) in [5.74, 6) is 0.876. The van der Waals surface area contributed by atoms with E-state index < -0.39 is 0 Å². The summed E-state index contributed by atoms with van der Waals surface area (Å²) in [5.41, 5.74) is 5.10. The Bertz CT molecular complexity index is 902. The van der Waals surface area contributed by atoms with E-state index in [0.29, 0.717) is 13.1 Å². The normalized spacial score (nSPS) is 10.6. The minimum Gasteiger partial charge on any atom is -0.336 e. The highest BCUT2D eigenvalue weighted by Gasteiger charge is 2.10. The number of carbonyl (C=O) groups is 1. The monoisotopic (exact) mass is 349 g/mol. The van der Waals surface area contributed by atoms with Crippen LogP contribution in [-0.2, 0) is 6.54 Å². The van der Waals surface area contributed by atoms with Gasteiger partial charge in [0.15, 0.2) is 0 Å². The van der Waals surface area contributed by atoms with Crippen molar-refractivity contribution in [1.82, 2.24) is 19.9 Å². The Morgan fingerprint density at radius 3 is 2.62 bits per heavy atom. The van der Waals surface area contributed by atoms with Gasteiger partial charge in [-0.05, 0) is 44.5 Å². The van der Waals surface area contributed by atoms with Crippen LogP contribution in [0.2, 0.25) is 0 Å². The van der Waals surface area contributed by atoms with Gasteiger partial charge in [0.2, 0.25) is 0 Å². The fourth-order valence-corrected chi connectivity index (χ4v) is 2.88. The molecule has 2 aromatic heterocycles. The van der Waals surface area contributed by atoms with Gasteiger partial charge in [0, 0.05) is 48.6 Å². The average Bonchev–Trinajstić information content (AvgIpc) is 2.99. The van der Waals surface area contributed by atoms with E-state index in [-0.39, 0.29) is 6.03 Å². The number of anilines is 1. The van der Waals surface area contributed by atoms with Gasteiger partial charge in [0.25, 0.3) is 0 Å². The number of hydrogen-bond donors (Lipinski definition) is 2. The molecule has 2 amide bonds. The van der Waals surface area contributed by atoms with Crippen molar-refractivity contribution in [3.8, 4) is 11.4 Å². The second kappa shape index (κ2) is 7.82. The minimum absolute atomic E-state index is 0.208. The summed E-state index contributed by atoms with van der Waals surface area (Å²) in [7, 11) is 0. The van der Waals surface area contributed by atoms with Gasteiger partial charge < -0.3 is 15.2 Å². The van der Waals surface area contributed by atoms with Gasteiger partial charge in [-0.3, -0.25) is 4.98 Å². The number of aromatic nitrogens is 3. The maximum absolute atomic E-state index is 12.2. The van der Waals surface area contributed by atoms with E-state index in [0.717, 1.165) is 28.3 Å². The molecule has 0 saturated heterocycles. The van der Waals surface area contributed by atoms with Crippen molar-refractivity contribution in [2.24, 2.45) is 0 Å². The number of rotatable bonds is 5. The Hall–Kier alpha value is -3.15. The average molecular weight is 349 g/mol. The first kappa shape index (κ1) is 17.7. The summed E-state index contributed by atoms with van der Waals surface area (Å²) < 4.78 is 2.09. The molecular formula is C20H23N5O. The van der Waals surface area contributed by atoms with Crippen LogP contribution in [0.4, 0.5) is 10.5 Å². The number of aryl methyl sites for hydroxylation is 3. The van der Waals surface area contributed by atoms with Crippen molar-refractivity contribution >= 4 is 11.7 Å². The maximum Gasteiger partial charge on any atom is 0.319 e. The molecule has 6 nitrogen and oxygen atoms in total. The highest BCUT2D eigenvalue weighted by atomic mass is 16.2. The van der Waals surface area contributed by atoms with Crippen LogP contribution < -0.4 is 10.6 Å². The molecule has 6 heteroatoms. The third-order valence-electron chi connectivity index (χ3n) is 4.24. The van der Waals surface area contributed by atoms with Gasteiger partial charge in [-0.1, -0.05) is 17.7 Å². The molecule has 26 heavy (non-hydrogen) atoms. The lowest BCUT2D eigenvalue weighted by molar-refractivity contribution is 0.251. The number of hydrogen-bond acceptors (Lipinski definition) is 3. The number of nitrogens with one attached hydrogen (secondary N) is 2. The highest BCUT2D eigenvalue weighted by Crippen LogP contribution is 2.18. The number of urea groups is 1. The fourth-order valence-electron chi connectivity index (χ4n) is 2.88. The molecule has 3 aromatic rings. The zero-order valence-corrected chi connectivity index (χ0v) is 15.3. The van der Waals surface area contributed by atoms with Crippen LogP contribution in [0.3, 0.4) is 0 Å². The Balaban J connectivity index is 1.60. The maximum atomic E-state index is 12.2. The molecule has 2 N–H and O–H groups in total. The lowest BCUT2D eigenvalue weighted by atomic mass is 10.1. The van der Waals surface area contributed by atoms with E-state index in [4.69, 9.17) is 0 Å². The van der Waals surface area contributed by atoms with E-state index >= 15 is 0 Å². The molecule has 0 aliphatic heterocycles. The molecule has 0 bridgehead atoms. The summed E-state index contributed by atoms with van der Waals surface area (Å²) in [6.07, 6.45) is 5.34. The van der Waals surface area contributed by atoms with Crippen molar-refractivity contribution in [2.75, 3.05) is 11.9 Å². The molecule has 3 rings (SSSR count). The van der Waals surface area contributed by atoms with E-state index in [1.807, 2.05) is 57.3 Å². The number of pyridine rings is 1. The number of imidazole rings is 1. The minimum atomic E-state index is -0.208. The van der Waals surface area contributed by atoms with Gasteiger partial charge >= 0.3 is 6.03 Å². The summed E-state index contributed by atoms with van der Waals surface area (Å²) >= 11 is 0. The van der Waals surface area contributed by atoms with Crippen LogP contribution in [0, 0.1) is 20.8 Å². The predicted octanol–water partition coefficient (Wildman–Crippen LogP) is 3.69. The van der Waals surface area contributed by atoms with Crippen LogP contribution in [0.15, 0.2) is 48.9 Å². The zero-order chi connectivity index (χ0) is 18.5. The Morgan fingerprint density at radius 2 is 1.88 bits per heavy atom. The Labute approximate surface area is 153 Å². The molecule has 2 heterocycles. The smallest absolute Gasteiger partial charge is 0.319 e. The Kier molecular flexibility index (Phi) is 5.31. The van der Waals surface area contributed by atoms with Crippen LogP contribution in [-0.4, -0.2) is 27.1 Å². The molecule has 0 aliphatic carbocycles. The standard InChI is InChI=1S/C20H23N5O/c1-14-4-5-18(15(2)12-14)24-20(26)22-10-11-25-16(3)13-23-19(25)17-6-8-21-9-7-17/h4-9,12-13H,10-11H2,1-3H3,(H2,22,24,26). The summed E-state index contributed by atoms with van der Waals surface area (Å²) in [6.45, 7) is 7.17. The van der Waals surface area contributed by atoms with E-state index in [9.17, 15) is 4.79 Å². The van der Waals surface area contributed by atoms with Crippen LogP contribution >= 0.6 is 0 Å². The first-order valence-corrected chi connectivity index (χ1v) is 8.59. The number of benzene rings is 1. The number of amides is 2. The lowest BCUT2D eigenvalue weighted by Gasteiger charge is -2.13. The lowest BCUT2D eigenvalue weighted by Crippen LogP contribution is -2.32. The summed E-state index contributed by atoms with van der Waals surface area (Å²) in [5, 5.41) is 5.80. The molecule has 0 fully saturated rings. The van der Waals surface area contributed by atoms with Crippen molar-refractivity contribution < 1.29 is 4.79 Å². The summed E-state index contributed by atoms with van der Waals surface area (Å²) in [4.78, 5) is 20.7. The third-order valence-corrected chi connectivity index (χ3v) is 4.24. The molecule has 1 aromatic carbocycles. The zero-order valence-electron chi connectivity index (χ0n) is 15.3. The van der Waals surface area contributed by atoms with Gasteiger partial charge in [-0.25, -0.2) is 9.78 Å². The van der Waals surface area contributed by atoms with Crippen LogP contribution in [0.1, 0.15) is 16.8 Å². The van der Waals surface area contributed by atoms with Gasteiger partial charge in [0.1, 0.15) is 5.82 Å². The fraction of sp³-hybridized carbons (Fsp3) is 0.250. The van der Waals surface area contributed by atoms with Crippen molar-refractivity contribution in [3.05, 3.63) is 65.7 Å². The van der Waals surface area contributed by atoms with Crippen LogP contribution in [0.5, 0.6) is 0 Å². The van der Waals surface area contributed by atoms with Gasteiger partial charge in [-0.2, -0.15) is 0 Å². The third kappa shape index (κ3) is 4.08. The van der Waals surface area contributed by atoms with Crippen molar-refractivity contribution in [2.45, 2.75) is 27.3 Å². The molecule has 0 atom stereocenters. The van der Waals surface area contributed by atoms with E-state index in [1.165, 1.54) is 5.56 Å². The predicted molar refractivity (Wildman–Crippen MR) is 103 cm³/mol. The first-order valence-electron chi connectivity index (χ1n) is 8.59. The van der Waals surface area contributed by atoms with Crippen LogP contribution in [0.25, 0.3) is 11.4 Å². The van der Waals surface area contributed by atoms with Gasteiger partial charge in [0.05, 0.1) is 0 Å². The molecule has 134 valence electrons. The molecule has 0 saturated carbocycles. The SMILES string of the molecule is Cc1ccc(NC(=O)NCCn2c(C)cnc2-c2ccncc2)c(C)c1. The van der Waals surface area contributed by atoms with Gasteiger partial charge in [-0.15, -0.1) is 0 Å². The molecule has 0 spiro atoms. The number of carbonyl (C=O) groups excluding carboxylic acids is 1. The van der Waals surface area contributed by atoms with Crippen molar-refractivity contribution in [3.63, 3.8) is 0 Å². The molecule has 0 radical (unpaired) electrons. The quantitative estimate of drug-likeness (QED) is 0.738.